The lowest BCUT2D eigenvalue weighted by Crippen LogP contribution is -2.41. The number of hydrogen-bond acceptors (Lipinski definition) is 8. The molecule has 0 aliphatic carbocycles. The molecule has 1 heterocycles. The van der Waals surface area contributed by atoms with Gasteiger partial charge in [0.1, 0.15) is 5.69 Å². The minimum absolute atomic E-state index is 0.0478. The predicted octanol–water partition coefficient (Wildman–Crippen LogP) is 1.62. The third kappa shape index (κ3) is 5.17. The minimum Gasteiger partial charge on any atom is -0.504 e. The Morgan fingerprint density at radius 3 is 2.56 bits per heavy atom. The van der Waals surface area contributed by atoms with E-state index < -0.39 is 16.7 Å². The van der Waals surface area contributed by atoms with Gasteiger partial charge in [-0.25, -0.2) is 4.68 Å². The zero-order valence-corrected chi connectivity index (χ0v) is 16.9. The fourth-order valence-corrected chi connectivity index (χ4v) is 2.75. The lowest BCUT2D eigenvalue weighted by atomic mass is 10.1. The fourth-order valence-electron chi connectivity index (χ4n) is 2.75. The van der Waals surface area contributed by atoms with Crippen LogP contribution in [0.3, 0.4) is 0 Å². The normalized spacial score (nSPS) is 10.4. The summed E-state index contributed by atoms with van der Waals surface area (Å²) in [6.45, 7) is 0.691. The largest absolute Gasteiger partial charge is 0.504 e. The SMILES string of the molecule is COCCNc1ccc(C(=O)NNC(=O)c2nn(-c3ccccc3)cc2O)cc1[N+](=O)[O-]. The maximum atomic E-state index is 12.4. The number of methoxy groups -OCH3 is 1. The van der Waals surface area contributed by atoms with Gasteiger partial charge in [0.05, 0.1) is 23.4 Å². The number of anilines is 1. The number of hydrazine groups is 1. The van der Waals surface area contributed by atoms with Crippen LogP contribution in [0.1, 0.15) is 20.8 Å². The topological polar surface area (TPSA) is 161 Å². The number of rotatable bonds is 8. The maximum Gasteiger partial charge on any atom is 0.294 e. The molecule has 0 fully saturated rings. The van der Waals surface area contributed by atoms with Gasteiger partial charge in [-0.2, -0.15) is 5.10 Å². The van der Waals surface area contributed by atoms with Crippen LogP contribution in [0.4, 0.5) is 11.4 Å². The van der Waals surface area contributed by atoms with Crippen LogP contribution in [0.15, 0.2) is 54.7 Å². The van der Waals surface area contributed by atoms with Crippen molar-refractivity contribution >= 4 is 23.2 Å². The molecule has 0 bridgehead atoms. The maximum absolute atomic E-state index is 12.4. The van der Waals surface area contributed by atoms with E-state index in [2.05, 4.69) is 21.3 Å². The van der Waals surface area contributed by atoms with Crippen molar-refractivity contribution in [2.24, 2.45) is 0 Å². The summed E-state index contributed by atoms with van der Waals surface area (Å²) in [6.07, 6.45) is 1.25. The molecule has 2 aromatic carbocycles. The first-order chi connectivity index (χ1) is 15.4. The number of aromatic nitrogens is 2. The van der Waals surface area contributed by atoms with Gasteiger partial charge in [0, 0.05) is 25.3 Å². The van der Waals surface area contributed by atoms with Crippen molar-refractivity contribution in [3.8, 4) is 11.4 Å². The van der Waals surface area contributed by atoms with Crippen molar-refractivity contribution in [3.05, 3.63) is 76.1 Å². The van der Waals surface area contributed by atoms with E-state index in [4.69, 9.17) is 4.74 Å². The number of nitrogens with one attached hydrogen (secondary N) is 3. The van der Waals surface area contributed by atoms with E-state index in [9.17, 15) is 24.8 Å². The van der Waals surface area contributed by atoms with Crippen molar-refractivity contribution in [2.45, 2.75) is 0 Å². The molecule has 3 aromatic rings. The molecule has 12 nitrogen and oxygen atoms in total. The highest BCUT2D eigenvalue weighted by Crippen LogP contribution is 2.25. The smallest absolute Gasteiger partial charge is 0.294 e. The molecular formula is C20H20N6O6. The number of carbonyl (C=O) groups excluding carboxylic acids is 2. The van der Waals surface area contributed by atoms with E-state index in [1.807, 2.05) is 6.07 Å². The van der Waals surface area contributed by atoms with Gasteiger partial charge in [-0.1, -0.05) is 18.2 Å². The number of nitro benzene ring substituents is 1. The summed E-state index contributed by atoms with van der Waals surface area (Å²) in [6, 6.07) is 12.6. The predicted molar refractivity (Wildman–Crippen MR) is 114 cm³/mol. The first-order valence-electron chi connectivity index (χ1n) is 9.36. The molecule has 3 rings (SSSR count). The number of amides is 2. The third-order valence-corrected chi connectivity index (χ3v) is 4.30. The molecule has 0 aliphatic heterocycles. The molecule has 1 aromatic heterocycles. The number of aromatic hydroxyl groups is 1. The number of carbonyl (C=O) groups is 2. The van der Waals surface area contributed by atoms with E-state index in [1.165, 1.54) is 30.1 Å². The Balaban J connectivity index is 1.68. The van der Waals surface area contributed by atoms with Gasteiger partial charge in [0.25, 0.3) is 17.5 Å². The lowest BCUT2D eigenvalue weighted by molar-refractivity contribution is -0.384. The Labute approximate surface area is 181 Å². The summed E-state index contributed by atoms with van der Waals surface area (Å²) in [4.78, 5) is 35.4. The van der Waals surface area contributed by atoms with E-state index in [0.29, 0.717) is 18.8 Å². The van der Waals surface area contributed by atoms with Gasteiger partial charge in [0.15, 0.2) is 11.4 Å². The number of hydrogen-bond donors (Lipinski definition) is 4. The number of para-hydroxylation sites is 1. The van der Waals surface area contributed by atoms with Crippen LogP contribution in [-0.4, -0.2) is 51.9 Å². The molecule has 4 N–H and O–H groups in total. The average molecular weight is 440 g/mol. The molecule has 0 saturated carbocycles. The Bertz CT molecular complexity index is 1130. The van der Waals surface area contributed by atoms with Gasteiger partial charge in [-0.05, 0) is 24.3 Å². The molecule has 2 amide bonds. The highest BCUT2D eigenvalue weighted by Gasteiger charge is 2.20. The lowest BCUT2D eigenvalue weighted by Gasteiger charge is -2.09. The van der Waals surface area contributed by atoms with E-state index in [0.717, 1.165) is 6.07 Å². The first-order valence-corrected chi connectivity index (χ1v) is 9.36. The number of ether oxygens (including phenoxy) is 1. The molecule has 0 saturated heterocycles. The quantitative estimate of drug-likeness (QED) is 0.233. The van der Waals surface area contributed by atoms with Crippen LogP contribution in [-0.2, 0) is 4.74 Å². The van der Waals surface area contributed by atoms with Crippen LogP contribution in [0.2, 0.25) is 0 Å². The summed E-state index contributed by atoms with van der Waals surface area (Å²) in [5, 5.41) is 28.2. The van der Waals surface area contributed by atoms with Gasteiger partial charge in [-0.15, -0.1) is 0 Å². The second-order valence-electron chi connectivity index (χ2n) is 6.46. The monoisotopic (exact) mass is 440 g/mol. The van der Waals surface area contributed by atoms with E-state index in [-0.39, 0.29) is 28.4 Å². The van der Waals surface area contributed by atoms with Crippen LogP contribution in [0, 0.1) is 10.1 Å². The molecule has 0 radical (unpaired) electrons. The van der Waals surface area contributed by atoms with Crippen LogP contribution in [0.25, 0.3) is 5.69 Å². The van der Waals surface area contributed by atoms with Crippen LogP contribution in [0.5, 0.6) is 5.75 Å². The molecular weight excluding hydrogens is 420 g/mol. The van der Waals surface area contributed by atoms with Gasteiger partial charge in [0.2, 0.25) is 0 Å². The molecule has 0 atom stereocenters. The molecule has 0 spiro atoms. The van der Waals surface area contributed by atoms with Crippen LogP contribution >= 0.6 is 0 Å². The van der Waals surface area contributed by atoms with Crippen molar-refractivity contribution in [2.75, 3.05) is 25.6 Å². The Morgan fingerprint density at radius 1 is 1.16 bits per heavy atom. The molecule has 12 heteroatoms. The summed E-state index contributed by atoms with van der Waals surface area (Å²) in [5.41, 5.74) is 4.47. The van der Waals surface area contributed by atoms with Crippen molar-refractivity contribution in [3.63, 3.8) is 0 Å². The second kappa shape index (κ2) is 10.0. The Kier molecular flexibility index (Phi) is 6.98. The summed E-state index contributed by atoms with van der Waals surface area (Å²) < 4.78 is 6.20. The third-order valence-electron chi connectivity index (χ3n) is 4.30. The standard InChI is InChI=1S/C20H20N6O6/c1-32-10-9-21-15-8-7-13(11-16(15)26(30)31)19(28)22-23-20(29)18-17(27)12-25(24-18)14-5-3-2-4-6-14/h2-8,11-12,21,27H,9-10H2,1H3,(H,22,28)(H,23,29). The highest BCUT2D eigenvalue weighted by atomic mass is 16.6. The number of benzene rings is 2. The molecule has 166 valence electrons. The Hall–Kier alpha value is -4.45. The average Bonchev–Trinajstić information content (AvgIpc) is 3.19. The fraction of sp³-hybridized carbons (Fsp3) is 0.150. The van der Waals surface area contributed by atoms with E-state index >= 15 is 0 Å². The Morgan fingerprint density at radius 2 is 1.88 bits per heavy atom. The highest BCUT2D eigenvalue weighted by molar-refractivity contribution is 6.00. The van der Waals surface area contributed by atoms with Gasteiger partial charge >= 0.3 is 0 Å². The number of nitro groups is 1. The first kappa shape index (κ1) is 22.2. The summed E-state index contributed by atoms with van der Waals surface area (Å²) in [5.74, 6) is -2.03. The summed E-state index contributed by atoms with van der Waals surface area (Å²) in [7, 11) is 1.50. The van der Waals surface area contributed by atoms with Crippen molar-refractivity contribution < 1.29 is 24.4 Å². The zero-order valence-electron chi connectivity index (χ0n) is 16.9. The van der Waals surface area contributed by atoms with Gasteiger partial charge in [-0.3, -0.25) is 30.6 Å². The van der Waals surface area contributed by atoms with Gasteiger partial charge < -0.3 is 15.2 Å². The van der Waals surface area contributed by atoms with Crippen molar-refractivity contribution in [1.29, 1.82) is 0 Å². The second-order valence-corrected chi connectivity index (χ2v) is 6.46. The zero-order chi connectivity index (χ0) is 23.1. The number of nitrogens with zero attached hydrogens (tertiary/aromatic N) is 3. The van der Waals surface area contributed by atoms with Crippen molar-refractivity contribution in [1.82, 2.24) is 20.6 Å². The molecule has 32 heavy (non-hydrogen) atoms. The molecule has 0 aliphatic rings. The minimum atomic E-state index is -0.863. The van der Waals surface area contributed by atoms with Crippen LogP contribution < -0.4 is 16.2 Å². The molecule has 0 unspecified atom stereocenters. The van der Waals surface area contributed by atoms with E-state index in [1.54, 1.807) is 24.3 Å². The summed E-state index contributed by atoms with van der Waals surface area (Å²) >= 11 is 0.